The fraction of sp³-hybridized carbons (Fsp3) is 0.0135. The van der Waals surface area contributed by atoms with Crippen LogP contribution in [0.15, 0.2) is 261 Å². The van der Waals surface area contributed by atoms with Crippen LogP contribution >= 0.6 is 0 Å². The van der Waals surface area contributed by atoms with Crippen molar-refractivity contribution in [2.45, 2.75) is 5.41 Å². The Morgan fingerprint density at radius 1 is 0.325 bits per heavy atom. The monoisotopic (exact) mass is 973 g/mol. The summed E-state index contributed by atoms with van der Waals surface area (Å²) in [5.74, 6) is 0.845. The second-order valence-corrected chi connectivity index (χ2v) is 21.3. The average Bonchev–Trinajstić information content (AvgIpc) is 4.31. The number of para-hydroxylation sites is 2. The zero-order valence-corrected chi connectivity index (χ0v) is 41.7. The second-order valence-electron chi connectivity index (χ2n) is 21.3. The zero-order chi connectivity index (χ0) is 50.1. The van der Waals surface area contributed by atoms with Gasteiger partial charge >= 0.3 is 0 Å². The lowest BCUT2D eigenvalue weighted by Crippen LogP contribution is -2.26. The van der Waals surface area contributed by atoms with Gasteiger partial charge in [-0.15, -0.1) is 0 Å². The van der Waals surface area contributed by atoms with Gasteiger partial charge in [0.15, 0.2) is 0 Å². The molecule has 1 spiro atoms. The van der Waals surface area contributed by atoms with Crippen LogP contribution in [0.5, 0.6) is 0 Å². The molecule has 16 aromatic rings. The Morgan fingerprint density at radius 3 is 1.73 bits per heavy atom. The predicted octanol–water partition coefficient (Wildman–Crippen LogP) is 19.5. The minimum Gasteiger partial charge on any atom is -0.307 e. The van der Waals surface area contributed by atoms with Crippen molar-refractivity contribution in [2.24, 2.45) is 0 Å². The third-order valence-corrected chi connectivity index (χ3v) is 17.6. The molecule has 3 heteroatoms. The van der Waals surface area contributed by atoms with Crippen molar-refractivity contribution in [1.82, 2.24) is 9.38 Å². The van der Waals surface area contributed by atoms with E-state index in [2.05, 4.69) is 264 Å². The molecule has 1 unspecified atom stereocenters. The Morgan fingerprint density at radius 2 is 0.896 bits per heavy atom. The third-order valence-electron chi connectivity index (χ3n) is 17.6. The molecule has 0 bridgehead atoms. The molecule has 0 fully saturated rings. The van der Waals surface area contributed by atoms with Gasteiger partial charge in [-0.25, -0.2) is 4.98 Å². The van der Waals surface area contributed by atoms with Gasteiger partial charge in [-0.05, 0) is 160 Å². The standard InChI is InChI=1S/C74H43N3/c1-2-16-46-38-59-51(37-45(46)15-1)22-12-31-67(59)76(69-43-52(35-36-75-69)53-25-13-27-57-58-34-33-44-21-11-26-56-55-24-8-10-30-66(55)77(72(53)57)73(58)70(44)56)68-32-14-29-63-71(68)61-40-48-18-4-6-20-50(48)42-65(61)74(63)62-28-9-7-23-54(62)60-39-47-17-3-5-19-49(47)41-64(60)74/h1-43H. The van der Waals surface area contributed by atoms with E-state index in [1.165, 1.54) is 131 Å². The van der Waals surface area contributed by atoms with Crippen molar-refractivity contribution >= 4 is 109 Å². The lowest BCUT2D eigenvalue weighted by Gasteiger charge is -2.32. The number of benzene rings is 13. The molecule has 77 heavy (non-hydrogen) atoms. The molecule has 3 aromatic heterocycles. The minimum absolute atomic E-state index is 0.592. The normalized spacial score (nSPS) is 14.5. The quantitative estimate of drug-likeness (QED) is 0.129. The summed E-state index contributed by atoms with van der Waals surface area (Å²) in [6, 6.07) is 95.8. The summed E-state index contributed by atoms with van der Waals surface area (Å²) in [6.07, 6.45) is 2.03. The van der Waals surface area contributed by atoms with Gasteiger partial charge in [-0.2, -0.15) is 0 Å². The maximum Gasteiger partial charge on any atom is 0.138 e. The highest BCUT2D eigenvalue weighted by Gasteiger charge is 2.53. The lowest BCUT2D eigenvalue weighted by atomic mass is 9.70. The van der Waals surface area contributed by atoms with Crippen molar-refractivity contribution in [2.75, 3.05) is 4.90 Å². The van der Waals surface area contributed by atoms with E-state index in [-0.39, 0.29) is 0 Å². The van der Waals surface area contributed by atoms with Crippen LogP contribution < -0.4 is 4.90 Å². The van der Waals surface area contributed by atoms with Crippen LogP contribution in [-0.4, -0.2) is 9.38 Å². The number of pyridine rings is 2. The van der Waals surface area contributed by atoms with Crippen molar-refractivity contribution in [3.05, 3.63) is 283 Å². The number of rotatable bonds is 4. The first-order chi connectivity index (χ1) is 38.2. The van der Waals surface area contributed by atoms with Gasteiger partial charge in [0.05, 0.1) is 33.3 Å². The molecule has 3 nitrogen and oxygen atoms in total. The summed E-state index contributed by atoms with van der Waals surface area (Å²) < 4.78 is 2.55. The summed E-state index contributed by atoms with van der Waals surface area (Å²) in [7, 11) is 0. The Bertz CT molecular complexity index is 5250. The van der Waals surface area contributed by atoms with Gasteiger partial charge in [0.1, 0.15) is 5.82 Å². The zero-order valence-electron chi connectivity index (χ0n) is 41.7. The Labute approximate surface area is 443 Å². The fourth-order valence-electron chi connectivity index (χ4n) is 14.5. The summed E-state index contributed by atoms with van der Waals surface area (Å²) in [5.41, 5.74) is 17.8. The molecular weight excluding hydrogens is 931 g/mol. The van der Waals surface area contributed by atoms with Crippen molar-refractivity contribution < 1.29 is 0 Å². The van der Waals surface area contributed by atoms with Crippen LogP contribution in [0.4, 0.5) is 17.2 Å². The first-order valence-corrected chi connectivity index (χ1v) is 26.8. The molecule has 0 saturated heterocycles. The van der Waals surface area contributed by atoms with Gasteiger partial charge in [-0.3, -0.25) is 4.90 Å². The van der Waals surface area contributed by atoms with Gasteiger partial charge in [0.25, 0.3) is 0 Å². The summed E-state index contributed by atoms with van der Waals surface area (Å²) >= 11 is 0. The summed E-state index contributed by atoms with van der Waals surface area (Å²) in [4.78, 5) is 7.96. The van der Waals surface area contributed by atoms with Crippen LogP contribution in [0.2, 0.25) is 0 Å². The fourth-order valence-corrected chi connectivity index (χ4v) is 14.5. The van der Waals surface area contributed by atoms with E-state index in [1.54, 1.807) is 0 Å². The smallest absolute Gasteiger partial charge is 0.138 e. The molecule has 0 amide bonds. The van der Waals surface area contributed by atoms with E-state index < -0.39 is 5.41 Å². The topological polar surface area (TPSA) is 20.5 Å². The van der Waals surface area contributed by atoms with E-state index >= 15 is 0 Å². The third kappa shape index (κ3) is 5.37. The number of fused-ring (bicyclic) bond motifs is 20. The van der Waals surface area contributed by atoms with Gasteiger partial charge in [0.2, 0.25) is 0 Å². The SMILES string of the molecule is c1ccc2c(c1)-c1cc3ccccc3cc1C21c2cc3ccccc3cc2-c2c(N(c3cc(-c4cccc5c6ccc7cccc8c9ccccc9n(c45)c6c78)ccn3)c3cccc4cc5ccccc5cc34)cccc21. The van der Waals surface area contributed by atoms with Crippen molar-refractivity contribution in [1.29, 1.82) is 0 Å². The van der Waals surface area contributed by atoms with E-state index in [4.69, 9.17) is 4.98 Å². The summed E-state index contributed by atoms with van der Waals surface area (Å²) in [6.45, 7) is 0. The number of hydrogen-bond acceptors (Lipinski definition) is 2. The van der Waals surface area contributed by atoms with Crippen LogP contribution in [0.25, 0.3) is 125 Å². The minimum atomic E-state index is -0.592. The highest BCUT2D eigenvalue weighted by molar-refractivity contribution is 6.29. The molecular formula is C74H43N3. The van der Waals surface area contributed by atoms with E-state index in [0.717, 1.165) is 33.7 Å². The molecule has 18 rings (SSSR count). The molecule has 2 aliphatic rings. The van der Waals surface area contributed by atoms with Crippen LogP contribution in [-0.2, 0) is 5.41 Å². The largest absolute Gasteiger partial charge is 0.307 e. The number of nitrogens with zero attached hydrogens (tertiary/aromatic N) is 3. The van der Waals surface area contributed by atoms with Gasteiger partial charge in [0, 0.05) is 44.3 Å². The van der Waals surface area contributed by atoms with Crippen LogP contribution in [0.3, 0.4) is 0 Å². The van der Waals surface area contributed by atoms with Gasteiger partial charge in [-0.1, -0.05) is 188 Å². The Kier molecular flexibility index (Phi) is 8.06. The highest BCUT2D eigenvalue weighted by Crippen LogP contribution is 2.66. The first kappa shape index (κ1) is 41.3. The van der Waals surface area contributed by atoms with E-state index in [0.29, 0.717) is 0 Å². The maximum atomic E-state index is 5.48. The Hall–Kier alpha value is -10.1. The van der Waals surface area contributed by atoms with E-state index in [9.17, 15) is 0 Å². The van der Waals surface area contributed by atoms with E-state index in [1.807, 2.05) is 6.20 Å². The molecule has 3 heterocycles. The van der Waals surface area contributed by atoms with Crippen molar-refractivity contribution in [3.8, 4) is 33.4 Å². The lowest BCUT2D eigenvalue weighted by molar-refractivity contribution is 0.796. The molecule has 2 aliphatic carbocycles. The molecule has 13 aromatic carbocycles. The van der Waals surface area contributed by atoms with Crippen molar-refractivity contribution in [3.63, 3.8) is 0 Å². The molecule has 0 aliphatic heterocycles. The molecule has 1 atom stereocenters. The Balaban J connectivity index is 0.954. The van der Waals surface area contributed by atoms with Crippen LogP contribution in [0.1, 0.15) is 22.3 Å². The maximum absolute atomic E-state index is 5.48. The molecule has 0 radical (unpaired) electrons. The highest BCUT2D eigenvalue weighted by atomic mass is 15.2. The predicted molar refractivity (Wildman–Crippen MR) is 323 cm³/mol. The second kappa shape index (κ2) is 15.0. The first-order valence-electron chi connectivity index (χ1n) is 26.8. The molecule has 354 valence electrons. The van der Waals surface area contributed by atoms with Crippen LogP contribution in [0, 0.1) is 0 Å². The number of anilines is 3. The van der Waals surface area contributed by atoms with Gasteiger partial charge < -0.3 is 4.40 Å². The molecule has 0 saturated carbocycles. The average molecular weight is 974 g/mol. The summed E-state index contributed by atoms with van der Waals surface area (Å²) in [5, 5.41) is 17.3. The number of hydrogen-bond donors (Lipinski definition) is 0. The molecule has 0 N–H and O–H groups in total. The number of aromatic nitrogens is 2.